The number of halogens is 1. The lowest BCUT2D eigenvalue weighted by Crippen LogP contribution is -2.33. The molecule has 2 aromatic rings. The predicted octanol–water partition coefficient (Wildman–Crippen LogP) is 3.81. The van der Waals surface area contributed by atoms with E-state index in [4.69, 9.17) is 25.8 Å². The van der Waals surface area contributed by atoms with Crippen molar-refractivity contribution in [2.75, 3.05) is 20.8 Å². The van der Waals surface area contributed by atoms with E-state index in [1.807, 2.05) is 19.1 Å². The van der Waals surface area contributed by atoms with Crippen molar-refractivity contribution < 1.29 is 23.8 Å². The number of esters is 1. The van der Waals surface area contributed by atoms with Crippen molar-refractivity contribution >= 4 is 23.5 Å². The van der Waals surface area contributed by atoms with Gasteiger partial charge in [0, 0.05) is 10.6 Å². The third-order valence-electron chi connectivity index (χ3n) is 5.15. The van der Waals surface area contributed by atoms with E-state index in [1.54, 1.807) is 44.6 Å². The van der Waals surface area contributed by atoms with Gasteiger partial charge < -0.3 is 19.5 Å². The fourth-order valence-electron chi connectivity index (χ4n) is 3.31. The van der Waals surface area contributed by atoms with Gasteiger partial charge in [0.1, 0.15) is 11.5 Å². The summed E-state index contributed by atoms with van der Waals surface area (Å²) in [4.78, 5) is 24.9. The molecule has 0 aromatic heterocycles. The Labute approximate surface area is 175 Å². The minimum Gasteiger partial charge on any atom is -0.497 e. The van der Waals surface area contributed by atoms with Crippen LogP contribution >= 0.6 is 11.6 Å². The third-order valence-corrected chi connectivity index (χ3v) is 5.40. The first kappa shape index (κ1) is 21.0. The quantitative estimate of drug-likeness (QED) is 0.661. The Morgan fingerprint density at radius 2 is 1.79 bits per heavy atom. The second kappa shape index (κ2) is 8.74. The van der Waals surface area contributed by atoms with E-state index in [0.29, 0.717) is 29.4 Å². The molecular formula is C22H24ClNO5. The Morgan fingerprint density at radius 3 is 2.38 bits per heavy atom. The van der Waals surface area contributed by atoms with Gasteiger partial charge >= 0.3 is 5.97 Å². The molecule has 0 aliphatic heterocycles. The van der Waals surface area contributed by atoms with E-state index >= 15 is 0 Å². The monoisotopic (exact) mass is 417 g/mol. The van der Waals surface area contributed by atoms with Gasteiger partial charge in [-0.3, -0.25) is 9.59 Å². The molecule has 0 spiro atoms. The van der Waals surface area contributed by atoms with Gasteiger partial charge in [-0.2, -0.15) is 0 Å². The lowest BCUT2D eigenvalue weighted by molar-refractivity contribution is -0.151. The van der Waals surface area contributed by atoms with Crippen LogP contribution in [0.2, 0.25) is 5.02 Å². The Balaban J connectivity index is 1.59. The second-order valence-corrected chi connectivity index (χ2v) is 7.50. The summed E-state index contributed by atoms with van der Waals surface area (Å²) in [5.74, 6) is 0.520. The van der Waals surface area contributed by atoms with Crippen LogP contribution in [0.15, 0.2) is 42.5 Å². The van der Waals surface area contributed by atoms with Crippen LogP contribution in [0.1, 0.15) is 36.9 Å². The van der Waals surface area contributed by atoms with Gasteiger partial charge in [0.05, 0.1) is 25.7 Å². The SMILES string of the molecule is COc1ccc(OC)c([C@@H](C)NC(=O)COC(=O)C2(c3ccc(Cl)cc3)CC2)c1. The fourth-order valence-corrected chi connectivity index (χ4v) is 3.44. The number of hydrogen-bond acceptors (Lipinski definition) is 5. The lowest BCUT2D eigenvalue weighted by atomic mass is 9.96. The molecule has 154 valence electrons. The molecule has 6 nitrogen and oxygen atoms in total. The summed E-state index contributed by atoms with van der Waals surface area (Å²) in [6, 6.07) is 12.2. The van der Waals surface area contributed by atoms with Crippen LogP contribution in [0.3, 0.4) is 0 Å². The normalized spacial score (nSPS) is 15.2. The highest BCUT2D eigenvalue weighted by molar-refractivity contribution is 6.30. The highest BCUT2D eigenvalue weighted by Gasteiger charge is 2.52. The molecule has 0 radical (unpaired) electrons. The van der Waals surface area contributed by atoms with E-state index in [9.17, 15) is 9.59 Å². The molecule has 0 heterocycles. The number of amides is 1. The fraction of sp³-hybridized carbons (Fsp3) is 0.364. The zero-order valence-electron chi connectivity index (χ0n) is 16.7. The van der Waals surface area contributed by atoms with Crippen LogP contribution in [0.5, 0.6) is 11.5 Å². The van der Waals surface area contributed by atoms with E-state index in [-0.39, 0.29) is 24.5 Å². The van der Waals surface area contributed by atoms with Crippen molar-refractivity contribution in [2.45, 2.75) is 31.2 Å². The summed E-state index contributed by atoms with van der Waals surface area (Å²) < 4.78 is 15.9. The Kier molecular flexibility index (Phi) is 6.33. The van der Waals surface area contributed by atoms with Crippen molar-refractivity contribution in [3.63, 3.8) is 0 Å². The number of nitrogens with one attached hydrogen (secondary N) is 1. The number of methoxy groups -OCH3 is 2. The van der Waals surface area contributed by atoms with Gasteiger partial charge in [0.15, 0.2) is 6.61 Å². The molecule has 0 unspecified atom stereocenters. The smallest absolute Gasteiger partial charge is 0.317 e. The minimum absolute atomic E-state index is 0.342. The zero-order chi connectivity index (χ0) is 21.0. The highest BCUT2D eigenvalue weighted by Crippen LogP contribution is 2.49. The molecule has 1 N–H and O–H groups in total. The lowest BCUT2D eigenvalue weighted by Gasteiger charge is -2.19. The molecule has 1 atom stereocenters. The van der Waals surface area contributed by atoms with Gasteiger partial charge in [-0.1, -0.05) is 23.7 Å². The first-order valence-corrected chi connectivity index (χ1v) is 9.72. The predicted molar refractivity (Wildman–Crippen MR) is 109 cm³/mol. The van der Waals surface area contributed by atoms with E-state index in [1.165, 1.54) is 0 Å². The number of rotatable bonds is 8. The zero-order valence-corrected chi connectivity index (χ0v) is 17.4. The second-order valence-electron chi connectivity index (χ2n) is 7.06. The van der Waals surface area contributed by atoms with Gasteiger partial charge in [-0.25, -0.2) is 0 Å². The molecule has 0 saturated heterocycles. The average molecular weight is 418 g/mol. The Hall–Kier alpha value is -2.73. The average Bonchev–Trinajstić information content (AvgIpc) is 3.54. The van der Waals surface area contributed by atoms with Crippen LogP contribution in [0.25, 0.3) is 0 Å². The molecule has 1 saturated carbocycles. The molecule has 1 fully saturated rings. The Morgan fingerprint density at radius 1 is 1.10 bits per heavy atom. The molecule has 3 rings (SSSR count). The highest BCUT2D eigenvalue weighted by atomic mass is 35.5. The van der Waals surface area contributed by atoms with E-state index in [2.05, 4.69) is 5.32 Å². The molecule has 29 heavy (non-hydrogen) atoms. The van der Waals surface area contributed by atoms with Gasteiger partial charge in [-0.15, -0.1) is 0 Å². The first-order chi connectivity index (χ1) is 13.9. The van der Waals surface area contributed by atoms with Crippen molar-refractivity contribution in [2.24, 2.45) is 0 Å². The van der Waals surface area contributed by atoms with Crippen molar-refractivity contribution in [1.82, 2.24) is 5.32 Å². The summed E-state index contributed by atoms with van der Waals surface area (Å²) >= 11 is 5.92. The Bertz CT molecular complexity index is 893. The van der Waals surface area contributed by atoms with Crippen molar-refractivity contribution in [3.05, 3.63) is 58.6 Å². The summed E-state index contributed by atoms with van der Waals surface area (Å²) in [5.41, 5.74) is 0.972. The van der Waals surface area contributed by atoms with Crippen molar-refractivity contribution in [3.8, 4) is 11.5 Å². The molecule has 1 amide bonds. The summed E-state index contributed by atoms with van der Waals surface area (Å²) in [7, 11) is 3.14. The maximum atomic E-state index is 12.6. The summed E-state index contributed by atoms with van der Waals surface area (Å²) in [6.45, 7) is 1.48. The molecule has 7 heteroatoms. The summed E-state index contributed by atoms with van der Waals surface area (Å²) in [6.07, 6.45) is 1.40. The molecule has 0 bridgehead atoms. The third kappa shape index (κ3) is 4.65. The molecule has 1 aliphatic carbocycles. The van der Waals surface area contributed by atoms with Gasteiger partial charge in [0.2, 0.25) is 0 Å². The molecular weight excluding hydrogens is 394 g/mol. The number of carbonyl (C=O) groups excluding carboxylic acids is 2. The van der Waals surface area contributed by atoms with Crippen LogP contribution in [0.4, 0.5) is 0 Å². The maximum absolute atomic E-state index is 12.6. The van der Waals surface area contributed by atoms with Gasteiger partial charge in [-0.05, 0) is 55.7 Å². The summed E-state index contributed by atoms with van der Waals surface area (Å²) in [5, 5.41) is 3.44. The number of hydrogen-bond donors (Lipinski definition) is 1. The van der Waals surface area contributed by atoms with E-state index in [0.717, 1.165) is 11.1 Å². The molecule has 1 aliphatic rings. The van der Waals surface area contributed by atoms with Crippen LogP contribution < -0.4 is 14.8 Å². The maximum Gasteiger partial charge on any atom is 0.317 e. The number of carbonyl (C=O) groups is 2. The van der Waals surface area contributed by atoms with Crippen LogP contribution in [0, 0.1) is 0 Å². The number of benzene rings is 2. The minimum atomic E-state index is -0.660. The van der Waals surface area contributed by atoms with E-state index < -0.39 is 5.41 Å². The van der Waals surface area contributed by atoms with Gasteiger partial charge in [0.25, 0.3) is 5.91 Å². The first-order valence-electron chi connectivity index (χ1n) is 9.34. The topological polar surface area (TPSA) is 73.9 Å². The number of ether oxygens (including phenoxy) is 3. The van der Waals surface area contributed by atoms with Crippen molar-refractivity contribution in [1.29, 1.82) is 0 Å². The standard InChI is InChI=1S/C22H24ClNO5/c1-14(18-12-17(27-2)8-9-19(18)28-3)24-20(25)13-29-21(26)22(10-11-22)15-4-6-16(23)7-5-15/h4-9,12,14H,10-11,13H2,1-3H3,(H,24,25)/t14-/m1/s1. The van der Waals surface area contributed by atoms with Crippen LogP contribution in [-0.4, -0.2) is 32.7 Å². The van der Waals surface area contributed by atoms with Crippen LogP contribution in [-0.2, 0) is 19.7 Å². The largest absolute Gasteiger partial charge is 0.497 e. The molecule has 2 aromatic carbocycles.